The third-order valence-electron chi connectivity index (χ3n) is 6.70. The molecule has 1 aliphatic rings. The summed E-state index contributed by atoms with van der Waals surface area (Å²) in [5.41, 5.74) is -3.72. The number of pyridine rings is 1. The summed E-state index contributed by atoms with van der Waals surface area (Å²) in [7, 11) is 0. The second-order valence-corrected chi connectivity index (χ2v) is 9.55. The van der Waals surface area contributed by atoms with Gasteiger partial charge in [0, 0.05) is 28.9 Å². The molecule has 5 rings (SSSR count). The average molecular weight is 504 g/mol. The van der Waals surface area contributed by atoms with Gasteiger partial charge in [0.05, 0.1) is 23.4 Å². The van der Waals surface area contributed by atoms with Crippen molar-refractivity contribution in [1.29, 1.82) is 0 Å². The van der Waals surface area contributed by atoms with Crippen molar-refractivity contribution in [3.05, 3.63) is 77.8 Å². The maximum atomic E-state index is 14.4. The quantitative estimate of drug-likeness (QED) is 0.252. The first-order valence-corrected chi connectivity index (χ1v) is 11.0. The molecular formula is C25H21F5N4O2. The number of nitrogens with one attached hydrogen (secondary N) is 1. The number of phenols is 1. The molecule has 2 aromatic carbocycles. The van der Waals surface area contributed by atoms with Gasteiger partial charge in [-0.15, -0.1) is 0 Å². The number of fused-ring (bicyclic) bond motifs is 2. The van der Waals surface area contributed by atoms with E-state index >= 15 is 0 Å². The first-order chi connectivity index (χ1) is 16.8. The number of anilines is 1. The SMILES string of the molecule is CC1(C)C[C@@](O)(C(F)(F)F)[C@@H](Nc2cccc3c2cnn3-c2ccnc(F)c2)c2ccc(F)c(O)c21. The zero-order valence-electron chi connectivity index (χ0n) is 19.1. The molecule has 11 heteroatoms. The lowest BCUT2D eigenvalue weighted by Gasteiger charge is -2.49. The maximum Gasteiger partial charge on any atom is 0.419 e. The number of aromatic nitrogens is 3. The Balaban J connectivity index is 1.68. The number of alkyl halides is 3. The molecule has 0 unspecified atom stereocenters. The molecule has 4 aromatic rings. The molecule has 3 N–H and O–H groups in total. The molecule has 0 aliphatic heterocycles. The van der Waals surface area contributed by atoms with Crippen LogP contribution in [0.1, 0.15) is 37.4 Å². The van der Waals surface area contributed by atoms with E-state index in [9.17, 15) is 32.2 Å². The molecule has 0 spiro atoms. The Bertz CT molecular complexity index is 1480. The van der Waals surface area contributed by atoms with Gasteiger partial charge in [-0.2, -0.15) is 22.7 Å². The summed E-state index contributed by atoms with van der Waals surface area (Å²) in [4.78, 5) is 3.51. The summed E-state index contributed by atoms with van der Waals surface area (Å²) >= 11 is 0. The van der Waals surface area contributed by atoms with E-state index in [1.165, 1.54) is 43.1 Å². The highest BCUT2D eigenvalue weighted by molar-refractivity contribution is 5.92. The van der Waals surface area contributed by atoms with Crippen LogP contribution in [-0.4, -0.2) is 36.8 Å². The Hall–Kier alpha value is -3.73. The second kappa shape index (κ2) is 7.89. The van der Waals surface area contributed by atoms with Crippen molar-refractivity contribution in [2.45, 2.75) is 43.5 Å². The summed E-state index contributed by atoms with van der Waals surface area (Å²) in [6.45, 7) is 2.83. The summed E-state index contributed by atoms with van der Waals surface area (Å²) in [6.07, 6.45) is -3.22. The van der Waals surface area contributed by atoms with Crippen LogP contribution in [-0.2, 0) is 5.41 Å². The van der Waals surface area contributed by atoms with Crippen molar-refractivity contribution in [3.8, 4) is 11.4 Å². The number of aliphatic hydroxyl groups is 1. The molecule has 2 heterocycles. The lowest BCUT2D eigenvalue weighted by atomic mass is 9.63. The molecule has 0 saturated heterocycles. The summed E-state index contributed by atoms with van der Waals surface area (Å²) in [5, 5.41) is 29.0. The summed E-state index contributed by atoms with van der Waals surface area (Å²) in [6, 6.07) is 7.66. The van der Waals surface area contributed by atoms with Crippen molar-refractivity contribution < 1.29 is 32.2 Å². The van der Waals surface area contributed by atoms with Crippen molar-refractivity contribution in [2.75, 3.05) is 5.32 Å². The molecule has 0 saturated carbocycles. The Labute approximate surface area is 202 Å². The molecule has 0 fully saturated rings. The molecule has 2 atom stereocenters. The van der Waals surface area contributed by atoms with Crippen LogP contribution in [0.5, 0.6) is 5.75 Å². The van der Waals surface area contributed by atoms with E-state index in [0.29, 0.717) is 16.6 Å². The van der Waals surface area contributed by atoms with Gasteiger partial charge in [-0.3, -0.25) is 0 Å². The van der Waals surface area contributed by atoms with Crippen LogP contribution in [0, 0.1) is 11.8 Å². The highest BCUT2D eigenvalue weighted by Gasteiger charge is 2.64. The molecular weight excluding hydrogens is 483 g/mol. The zero-order chi connectivity index (χ0) is 26.0. The monoisotopic (exact) mass is 504 g/mol. The number of aromatic hydroxyl groups is 1. The van der Waals surface area contributed by atoms with Crippen LogP contribution in [0.3, 0.4) is 0 Å². The van der Waals surface area contributed by atoms with Gasteiger partial charge in [0.2, 0.25) is 5.95 Å². The van der Waals surface area contributed by atoms with Crippen LogP contribution in [0.25, 0.3) is 16.6 Å². The lowest BCUT2D eigenvalue weighted by Crippen LogP contribution is -2.58. The Morgan fingerprint density at radius 1 is 1.11 bits per heavy atom. The highest BCUT2D eigenvalue weighted by Crippen LogP contribution is 2.56. The van der Waals surface area contributed by atoms with Gasteiger partial charge in [-0.05, 0) is 41.7 Å². The van der Waals surface area contributed by atoms with E-state index in [1.807, 2.05) is 0 Å². The largest absolute Gasteiger partial charge is 0.505 e. The van der Waals surface area contributed by atoms with Crippen LogP contribution in [0.2, 0.25) is 0 Å². The van der Waals surface area contributed by atoms with Crippen LogP contribution >= 0.6 is 0 Å². The fourth-order valence-electron chi connectivity index (χ4n) is 5.18. The maximum absolute atomic E-state index is 14.4. The molecule has 6 nitrogen and oxygen atoms in total. The van der Waals surface area contributed by atoms with Crippen LogP contribution < -0.4 is 5.32 Å². The minimum atomic E-state index is -5.06. The summed E-state index contributed by atoms with van der Waals surface area (Å²) < 4.78 is 72.5. The van der Waals surface area contributed by atoms with Gasteiger partial charge >= 0.3 is 6.18 Å². The Kier molecular flexibility index (Phi) is 5.26. The number of nitrogens with zero attached hydrogens (tertiary/aromatic N) is 3. The molecule has 0 bridgehead atoms. The fourth-order valence-corrected chi connectivity index (χ4v) is 5.18. The van der Waals surface area contributed by atoms with Crippen molar-refractivity contribution >= 4 is 16.6 Å². The normalized spacial score (nSPS) is 21.4. The number of halogens is 5. The second-order valence-electron chi connectivity index (χ2n) is 9.55. The van der Waals surface area contributed by atoms with E-state index in [4.69, 9.17) is 0 Å². The van der Waals surface area contributed by atoms with E-state index in [2.05, 4.69) is 15.4 Å². The number of hydrogen-bond acceptors (Lipinski definition) is 5. The number of rotatable bonds is 3. The first kappa shape index (κ1) is 24.0. The van der Waals surface area contributed by atoms with E-state index in [-0.39, 0.29) is 16.8 Å². The molecule has 0 radical (unpaired) electrons. The molecule has 2 aromatic heterocycles. The van der Waals surface area contributed by atoms with Gasteiger partial charge < -0.3 is 15.5 Å². The molecule has 36 heavy (non-hydrogen) atoms. The summed E-state index contributed by atoms with van der Waals surface area (Å²) in [5.74, 6) is -2.45. The van der Waals surface area contributed by atoms with E-state index < -0.39 is 47.2 Å². The molecule has 1 aliphatic carbocycles. The van der Waals surface area contributed by atoms with E-state index in [1.54, 1.807) is 12.1 Å². The van der Waals surface area contributed by atoms with Gasteiger partial charge in [-0.1, -0.05) is 26.0 Å². The lowest BCUT2D eigenvalue weighted by molar-refractivity contribution is -0.276. The van der Waals surface area contributed by atoms with Crippen molar-refractivity contribution in [3.63, 3.8) is 0 Å². The third-order valence-corrected chi connectivity index (χ3v) is 6.70. The average Bonchev–Trinajstić information content (AvgIpc) is 3.22. The first-order valence-electron chi connectivity index (χ1n) is 11.0. The van der Waals surface area contributed by atoms with Crippen molar-refractivity contribution in [1.82, 2.24) is 14.8 Å². The van der Waals surface area contributed by atoms with Crippen molar-refractivity contribution in [2.24, 2.45) is 0 Å². The minimum absolute atomic E-state index is 0.0101. The van der Waals surface area contributed by atoms with E-state index in [0.717, 1.165) is 18.2 Å². The van der Waals surface area contributed by atoms with Gasteiger partial charge in [0.25, 0.3) is 0 Å². The number of benzene rings is 2. The van der Waals surface area contributed by atoms with Gasteiger partial charge in [-0.25, -0.2) is 14.1 Å². The van der Waals surface area contributed by atoms with Gasteiger partial charge in [0.1, 0.15) is 0 Å². The van der Waals surface area contributed by atoms with Crippen LogP contribution in [0.4, 0.5) is 27.6 Å². The third kappa shape index (κ3) is 3.57. The smallest absolute Gasteiger partial charge is 0.419 e. The highest BCUT2D eigenvalue weighted by atomic mass is 19.4. The predicted molar refractivity (Wildman–Crippen MR) is 122 cm³/mol. The fraction of sp³-hybridized carbons (Fsp3) is 0.280. The minimum Gasteiger partial charge on any atom is -0.505 e. The zero-order valence-corrected chi connectivity index (χ0v) is 19.1. The number of hydrogen-bond donors (Lipinski definition) is 3. The Morgan fingerprint density at radius 3 is 2.56 bits per heavy atom. The standard InChI is InChI=1S/C25H21F5N4O2/c1-23(2)12-24(36,25(28,29)30)22(14-6-7-16(26)21(35)20(14)23)33-17-4-3-5-18-15(17)11-32-34(18)13-8-9-31-19(27)10-13/h3-11,22,33,35-36H,12H2,1-2H3/t22-,24-/m0/s1. The Morgan fingerprint density at radius 2 is 1.86 bits per heavy atom. The number of phenolic OH excluding ortho intramolecular Hbond substituents is 1. The van der Waals surface area contributed by atoms with Gasteiger partial charge in [0.15, 0.2) is 17.2 Å². The molecule has 0 amide bonds. The predicted octanol–water partition coefficient (Wildman–Crippen LogP) is 5.53. The topological polar surface area (TPSA) is 83.2 Å². The van der Waals surface area contributed by atoms with Crippen LogP contribution in [0.15, 0.2) is 54.9 Å². The molecule has 188 valence electrons.